The molecule has 0 fully saturated rings. The number of aryl methyl sites for hydroxylation is 1. The summed E-state index contributed by atoms with van der Waals surface area (Å²) in [6.07, 6.45) is 3.01. The highest BCUT2D eigenvalue weighted by atomic mass is 16.6. The molecule has 1 aromatic heterocycles. The molecule has 0 bridgehead atoms. The first kappa shape index (κ1) is 22.9. The molecule has 0 aliphatic carbocycles. The van der Waals surface area contributed by atoms with E-state index in [-0.39, 0.29) is 29.4 Å². The highest BCUT2D eigenvalue weighted by Crippen LogP contribution is 2.30. The van der Waals surface area contributed by atoms with Gasteiger partial charge in [-0.25, -0.2) is 0 Å². The maximum atomic E-state index is 12.1. The molecule has 2 aromatic carbocycles. The Balaban J connectivity index is 1.64. The van der Waals surface area contributed by atoms with Gasteiger partial charge in [0.25, 0.3) is 11.6 Å². The number of carbonyl (C=O) groups excluding carboxylic acids is 1. The van der Waals surface area contributed by atoms with Crippen LogP contribution in [0.1, 0.15) is 17.0 Å². The second kappa shape index (κ2) is 10.0. The first-order valence-electron chi connectivity index (χ1n) is 9.42. The van der Waals surface area contributed by atoms with Crippen LogP contribution in [0.3, 0.4) is 0 Å². The van der Waals surface area contributed by atoms with Crippen molar-refractivity contribution in [2.45, 2.75) is 6.92 Å². The normalized spacial score (nSPS) is 10.7. The zero-order chi connectivity index (χ0) is 24.0. The molecule has 3 rings (SSSR count). The summed E-state index contributed by atoms with van der Waals surface area (Å²) < 4.78 is 15.8. The second-order valence-electron chi connectivity index (χ2n) is 6.62. The van der Waals surface area contributed by atoms with Gasteiger partial charge in [0.1, 0.15) is 0 Å². The number of hydrogen-bond acceptors (Lipinski definition) is 9. The van der Waals surface area contributed by atoms with Crippen molar-refractivity contribution in [1.29, 1.82) is 0 Å². The molecule has 1 heterocycles. The predicted molar refractivity (Wildman–Crippen MR) is 117 cm³/mol. The first-order valence-corrected chi connectivity index (χ1v) is 9.42. The molecule has 1 amide bonds. The number of rotatable bonds is 9. The zero-order valence-corrected chi connectivity index (χ0v) is 17.5. The summed E-state index contributed by atoms with van der Waals surface area (Å²) >= 11 is 0. The number of anilines is 1. The fourth-order valence-electron chi connectivity index (χ4n) is 2.80. The molecule has 0 saturated heterocycles. The molecule has 3 aromatic rings. The van der Waals surface area contributed by atoms with Crippen molar-refractivity contribution in [3.05, 3.63) is 79.7 Å². The predicted octanol–water partition coefficient (Wildman–Crippen LogP) is 4.00. The molecule has 170 valence electrons. The average molecular weight is 454 g/mol. The SMILES string of the molecule is COc1cc(/C=C/c2onc(C)c2[N+](=O)[O-])ccc1OCC(=O)Nc1ccc([N+](=O)[O-])cc1. The van der Waals surface area contributed by atoms with E-state index in [1.165, 1.54) is 44.4 Å². The van der Waals surface area contributed by atoms with E-state index in [1.54, 1.807) is 24.3 Å². The van der Waals surface area contributed by atoms with Crippen molar-refractivity contribution in [1.82, 2.24) is 5.16 Å². The maximum absolute atomic E-state index is 12.1. The lowest BCUT2D eigenvalue weighted by molar-refractivity contribution is -0.386. The number of amides is 1. The topological polar surface area (TPSA) is 160 Å². The number of aromatic nitrogens is 1. The Morgan fingerprint density at radius 1 is 1.09 bits per heavy atom. The number of non-ortho nitro benzene ring substituents is 1. The highest BCUT2D eigenvalue weighted by molar-refractivity contribution is 5.92. The van der Waals surface area contributed by atoms with Crippen LogP contribution in [0.15, 0.2) is 47.0 Å². The van der Waals surface area contributed by atoms with Crippen molar-refractivity contribution >= 4 is 35.1 Å². The van der Waals surface area contributed by atoms with Crippen LogP contribution in [-0.2, 0) is 4.79 Å². The van der Waals surface area contributed by atoms with Gasteiger partial charge in [-0.3, -0.25) is 25.0 Å². The van der Waals surface area contributed by atoms with Crippen LogP contribution in [0.2, 0.25) is 0 Å². The van der Waals surface area contributed by atoms with E-state index < -0.39 is 15.8 Å². The number of nitro benzene ring substituents is 1. The summed E-state index contributed by atoms with van der Waals surface area (Å²) in [7, 11) is 1.43. The minimum Gasteiger partial charge on any atom is -0.493 e. The molecule has 12 nitrogen and oxygen atoms in total. The van der Waals surface area contributed by atoms with Crippen LogP contribution in [0.5, 0.6) is 11.5 Å². The Labute approximate surface area is 186 Å². The Morgan fingerprint density at radius 3 is 2.45 bits per heavy atom. The van der Waals surface area contributed by atoms with Gasteiger partial charge in [0, 0.05) is 17.8 Å². The molecule has 0 atom stereocenters. The van der Waals surface area contributed by atoms with E-state index in [9.17, 15) is 25.0 Å². The number of ether oxygens (including phenoxy) is 2. The quantitative estimate of drug-likeness (QED) is 0.372. The monoisotopic (exact) mass is 454 g/mol. The smallest absolute Gasteiger partial charge is 0.338 e. The molecule has 33 heavy (non-hydrogen) atoms. The number of benzene rings is 2. The van der Waals surface area contributed by atoms with Crippen LogP contribution in [0, 0.1) is 27.2 Å². The molecule has 1 N–H and O–H groups in total. The summed E-state index contributed by atoms with van der Waals surface area (Å²) in [5, 5.41) is 28.0. The van der Waals surface area contributed by atoms with Crippen molar-refractivity contribution < 1.29 is 28.6 Å². The Morgan fingerprint density at radius 2 is 1.82 bits per heavy atom. The van der Waals surface area contributed by atoms with Gasteiger partial charge in [0.05, 0.1) is 17.0 Å². The number of methoxy groups -OCH3 is 1. The maximum Gasteiger partial charge on any atom is 0.338 e. The summed E-state index contributed by atoms with van der Waals surface area (Å²) in [6, 6.07) is 10.3. The van der Waals surface area contributed by atoms with Gasteiger partial charge < -0.3 is 19.3 Å². The molecular formula is C21H18N4O8. The van der Waals surface area contributed by atoms with Gasteiger partial charge in [-0.15, -0.1) is 0 Å². The van der Waals surface area contributed by atoms with Crippen LogP contribution in [0.4, 0.5) is 17.1 Å². The highest BCUT2D eigenvalue weighted by Gasteiger charge is 2.22. The van der Waals surface area contributed by atoms with E-state index >= 15 is 0 Å². The van der Waals surface area contributed by atoms with E-state index in [2.05, 4.69) is 10.5 Å². The molecule has 0 saturated carbocycles. The summed E-state index contributed by atoms with van der Waals surface area (Å²) in [6.45, 7) is 1.15. The molecule has 0 aliphatic rings. The lowest BCUT2D eigenvalue weighted by Gasteiger charge is -2.11. The molecular weight excluding hydrogens is 436 g/mol. The van der Waals surface area contributed by atoms with E-state index in [1.807, 2.05) is 0 Å². The van der Waals surface area contributed by atoms with Gasteiger partial charge >= 0.3 is 5.69 Å². The van der Waals surface area contributed by atoms with Crippen LogP contribution < -0.4 is 14.8 Å². The molecule has 0 aliphatic heterocycles. The van der Waals surface area contributed by atoms with E-state index in [0.717, 1.165) is 0 Å². The van der Waals surface area contributed by atoms with Gasteiger partial charge in [0.2, 0.25) is 5.76 Å². The molecule has 12 heteroatoms. The molecule has 0 unspecified atom stereocenters. The molecule has 0 spiro atoms. The standard InChI is InChI=1S/C21H18N4O8/c1-13-21(25(29)30)18(33-23-13)10-4-14-3-9-17(19(11-14)31-2)32-12-20(26)22-15-5-7-16(8-6-15)24(27)28/h3-11H,12H2,1-2H3,(H,22,26)/b10-4+. The largest absolute Gasteiger partial charge is 0.493 e. The number of carbonyl (C=O) groups is 1. The van der Waals surface area contributed by atoms with Crippen molar-refractivity contribution in [2.24, 2.45) is 0 Å². The first-order chi connectivity index (χ1) is 15.8. The lowest BCUT2D eigenvalue weighted by atomic mass is 10.1. The Hall–Kier alpha value is -4.74. The van der Waals surface area contributed by atoms with Gasteiger partial charge in [-0.05, 0) is 42.8 Å². The van der Waals surface area contributed by atoms with E-state index in [0.29, 0.717) is 22.7 Å². The fourth-order valence-corrected chi connectivity index (χ4v) is 2.80. The second-order valence-corrected chi connectivity index (χ2v) is 6.62. The van der Waals surface area contributed by atoms with Crippen LogP contribution >= 0.6 is 0 Å². The number of nitrogens with one attached hydrogen (secondary N) is 1. The Kier molecular flexibility index (Phi) is 6.98. The third kappa shape index (κ3) is 5.70. The van der Waals surface area contributed by atoms with Crippen LogP contribution in [0.25, 0.3) is 12.2 Å². The minimum atomic E-state index is -0.565. The lowest BCUT2D eigenvalue weighted by Crippen LogP contribution is -2.20. The average Bonchev–Trinajstić information content (AvgIpc) is 3.17. The molecule has 0 radical (unpaired) electrons. The van der Waals surface area contributed by atoms with Crippen molar-refractivity contribution in [3.8, 4) is 11.5 Å². The summed E-state index contributed by atoms with van der Waals surface area (Å²) in [5.41, 5.74) is 0.901. The van der Waals surface area contributed by atoms with Crippen molar-refractivity contribution in [2.75, 3.05) is 19.0 Å². The Bertz CT molecular complexity index is 1220. The number of nitrogens with zero attached hydrogens (tertiary/aromatic N) is 3. The van der Waals surface area contributed by atoms with Gasteiger partial charge in [-0.2, -0.15) is 0 Å². The number of hydrogen-bond donors (Lipinski definition) is 1. The van der Waals surface area contributed by atoms with Crippen molar-refractivity contribution in [3.63, 3.8) is 0 Å². The van der Waals surface area contributed by atoms with Gasteiger partial charge in [-0.1, -0.05) is 17.3 Å². The third-order valence-electron chi connectivity index (χ3n) is 4.38. The van der Waals surface area contributed by atoms with Crippen LogP contribution in [-0.4, -0.2) is 34.6 Å². The third-order valence-corrected chi connectivity index (χ3v) is 4.38. The minimum absolute atomic E-state index is 0.0136. The van der Waals surface area contributed by atoms with Gasteiger partial charge in [0.15, 0.2) is 23.8 Å². The van der Waals surface area contributed by atoms with E-state index in [4.69, 9.17) is 14.0 Å². The fraction of sp³-hybridized carbons (Fsp3) is 0.143. The zero-order valence-electron chi connectivity index (χ0n) is 17.5. The summed E-state index contributed by atoms with van der Waals surface area (Å²) in [4.78, 5) is 32.8. The summed E-state index contributed by atoms with van der Waals surface area (Å²) in [5.74, 6) is 0.182. The number of nitro groups is 2.